The van der Waals surface area contributed by atoms with E-state index in [1.165, 1.54) is 0 Å². The van der Waals surface area contributed by atoms with Crippen molar-refractivity contribution in [2.45, 2.75) is 39.2 Å². The van der Waals surface area contributed by atoms with E-state index in [2.05, 4.69) is 15.3 Å². The number of rotatable bonds is 9. The molecule has 4 rings (SSSR count). The van der Waals surface area contributed by atoms with Crippen molar-refractivity contribution in [3.05, 3.63) is 52.5 Å². The van der Waals surface area contributed by atoms with Gasteiger partial charge in [-0.15, -0.1) is 0 Å². The molecule has 2 aromatic rings. The van der Waals surface area contributed by atoms with Crippen molar-refractivity contribution in [3.63, 3.8) is 0 Å². The lowest BCUT2D eigenvalue weighted by Gasteiger charge is -2.15. The van der Waals surface area contributed by atoms with E-state index < -0.39 is 17.9 Å². The van der Waals surface area contributed by atoms with Gasteiger partial charge in [-0.05, 0) is 44.0 Å². The topological polar surface area (TPSA) is 124 Å². The van der Waals surface area contributed by atoms with Gasteiger partial charge in [-0.1, -0.05) is 0 Å². The second-order valence-electron chi connectivity index (χ2n) is 7.83. The molecule has 2 aliphatic rings. The Morgan fingerprint density at radius 2 is 2.24 bits per heavy atom. The zero-order valence-corrected chi connectivity index (χ0v) is 18.7. The Morgan fingerprint density at radius 1 is 1.39 bits per heavy atom. The number of carbonyl (C=O) groups excluding carboxylic acids is 2. The van der Waals surface area contributed by atoms with E-state index >= 15 is 0 Å². The molecule has 3 heterocycles. The third-order valence-corrected chi connectivity index (χ3v) is 5.58. The van der Waals surface area contributed by atoms with Crippen molar-refractivity contribution >= 4 is 29.5 Å². The molecule has 0 saturated carbocycles. The number of nitrogens with one attached hydrogen (secondary N) is 3. The van der Waals surface area contributed by atoms with E-state index in [9.17, 15) is 9.59 Å². The van der Waals surface area contributed by atoms with Crippen LogP contribution in [0.3, 0.4) is 0 Å². The van der Waals surface area contributed by atoms with Crippen LogP contribution < -0.4 is 15.0 Å². The third kappa shape index (κ3) is 4.78. The maximum absolute atomic E-state index is 13.2. The number of aliphatic hydroxyl groups is 1. The van der Waals surface area contributed by atoms with Crippen LogP contribution in [0.15, 0.2) is 35.9 Å². The maximum atomic E-state index is 13.2. The SMILES string of the molecule is CCOC(=O)C1=C(Nc2ccc(OCCO)cc2C)OC(Cc2c[nH]c3c2CCC=[NH+]3)C1=O. The Hall–Kier alpha value is -3.59. The average molecular weight is 455 g/mol. The minimum atomic E-state index is -0.829. The largest absolute Gasteiger partial charge is 0.491 e. The number of aliphatic hydroxyl groups excluding tert-OH is 1. The second kappa shape index (κ2) is 9.91. The number of aromatic amines is 1. The highest BCUT2D eigenvalue weighted by atomic mass is 16.5. The van der Waals surface area contributed by atoms with E-state index in [0.29, 0.717) is 17.9 Å². The number of anilines is 1. The first-order valence-electron chi connectivity index (χ1n) is 11.0. The highest BCUT2D eigenvalue weighted by Crippen LogP contribution is 2.31. The van der Waals surface area contributed by atoms with E-state index in [0.717, 1.165) is 35.3 Å². The van der Waals surface area contributed by atoms with Crippen LogP contribution >= 0.6 is 0 Å². The molecule has 1 unspecified atom stereocenters. The first-order chi connectivity index (χ1) is 16.0. The molecule has 0 fully saturated rings. The number of hydrogen-bond acceptors (Lipinski definition) is 7. The Labute approximate surface area is 191 Å². The van der Waals surface area contributed by atoms with Crippen LogP contribution in [0.4, 0.5) is 11.5 Å². The monoisotopic (exact) mass is 454 g/mol. The first-order valence-corrected chi connectivity index (χ1v) is 11.0. The molecule has 9 nitrogen and oxygen atoms in total. The number of benzene rings is 1. The zero-order valence-electron chi connectivity index (χ0n) is 18.7. The Morgan fingerprint density at radius 3 is 3.00 bits per heavy atom. The second-order valence-corrected chi connectivity index (χ2v) is 7.83. The van der Waals surface area contributed by atoms with Crippen LogP contribution in [-0.4, -0.2) is 54.0 Å². The lowest BCUT2D eigenvalue weighted by Crippen LogP contribution is -2.63. The number of H-pyrrole nitrogens is 1. The normalized spacial score (nSPS) is 17.1. The van der Waals surface area contributed by atoms with Crippen LogP contribution in [0.1, 0.15) is 30.0 Å². The van der Waals surface area contributed by atoms with Gasteiger partial charge in [0.2, 0.25) is 11.7 Å². The van der Waals surface area contributed by atoms with Crippen molar-refractivity contribution < 1.29 is 33.9 Å². The number of aromatic nitrogens is 1. The van der Waals surface area contributed by atoms with Crippen LogP contribution in [0.25, 0.3) is 0 Å². The van der Waals surface area contributed by atoms with Gasteiger partial charge in [0.05, 0.1) is 25.6 Å². The van der Waals surface area contributed by atoms with Crippen molar-refractivity contribution in [1.29, 1.82) is 0 Å². The molecule has 0 spiro atoms. The summed E-state index contributed by atoms with van der Waals surface area (Å²) < 4.78 is 16.5. The molecule has 0 saturated heterocycles. The number of carbonyl (C=O) groups is 2. The summed E-state index contributed by atoms with van der Waals surface area (Å²) in [5.74, 6) is 0.516. The zero-order chi connectivity index (χ0) is 23.4. The number of fused-ring (bicyclic) bond motifs is 1. The highest BCUT2D eigenvalue weighted by molar-refractivity contribution is 6.21. The van der Waals surface area contributed by atoms with Crippen LogP contribution in [0.2, 0.25) is 0 Å². The van der Waals surface area contributed by atoms with E-state index in [4.69, 9.17) is 19.3 Å². The summed E-state index contributed by atoms with van der Waals surface area (Å²) >= 11 is 0. The lowest BCUT2D eigenvalue weighted by molar-refractivity contribution is -0.356. The van der Waals surface area contributed by atoms with Crippen molar-refractivity contribution in [2.24, 2.45) is 0 Å². The number of ether oxygens (including phenoxy) is 3. The molecule has 0 radical (unpaired) electrons. The highest BCUT2D eigenvalue weighted by Gasteiger charge is 2.41. The van der Waals surface area contributed by atoms with Crippen LogP contribution in [-0.2, 0) is 31.9 Å². The molecule has 2 aliphatic heterocycles. The van der Waals surface area contributed by atoms with Gasteiger partial charge in [0.25, 0.3) is 5.82 Å². The molecule has 1 aromatic heterocycles. The molecular weight excluding hydrogens is 426 g/mol. The van der Waals surface area contributed by atoms with Gasteiger partial charge in [-0.25, -0.2) is 9.78 Å². The number of Topliss-reactive ketones (excluding diaryl/α,β-unsaturated/α-hetero) is 1. The fourth-order valence-corrected chi connectivity index (χ4v) is 3.98. The Bertz CT molecular complexity index is 1120. The fourth-order valence-electron chi connectivity index (χ4n) is 3.98. The minimum Gasteiger partial charge on any atom is -0.491 e. The lowest BCUT2D eigenvalue weighted by atomic mass is 9.98. The third-order valence-electron chi connectivity index (χ3n) is 5.58. The molecule has 0 amide bonds. The molecule has 1 atom stereocenters. The number of esters is 1. The minimum absolute atomic E-state index is 0.0785. The van der Waals surface area contributed by atoms with Crippen molar-refractivity contribution in [1.82, 2.24) is 4.98 Å². The molecule has 0 bridgehead atoms. The standard InChI is InChI=1S/C24H27N3O6/c1-3-31-24(30)20-21(29)19(12-15-13-26-22-17(15)5-4-8-25-22)33-23(20)27-18-7-6-16(11-14(18)2)32-10-9-28/h6-8,11,13,19,26-28H,3-5,9-10,12H2,1-2H3/p+1. The molecule has 0 aliphatic carbocycles. The van der Waals surface area contributed by atoms with E-state index in [1.807, 2.05) is 19.3 Å². The first kappa shape index (κ1) is 22.6. The molecule has 33 heavy (non-hydrogen) atoms. The van der Waals surface area contributed by atoms with Gasteiger partial charge in [-0.2, -0.15) is 0 Å². The van der Waals surface area contributed by atoms with Gasteiger partial charge in [0.15, 0.2) is 11.7 Å². The summed E-state index contributed by atoms with van der Waals surface area (Å²) in [4.78, 5) is 32.2. The van der Waals surface area contributed by atoms with Gasteiger partial charge in [0.1, 0.15) is 12.4 Å². The van der Waals surface area contributed by atoms with E-state index in [1.54, 1.807) is 25.1 Å². The summed E-state index contributed by atoms with van der Waals surface area (Å²) in [6.07, 6.45) is 5.14. The quantitative estimate of drug-likeness (QED) is 0.327. The Balaban J connectivity index is 1.56. The van der Waals surface area contributed by atoms with Gasteiger partial charge < -0.3 is 24.6 Å². The summed E-state index contributed by atoms with van der Waals surface area (Å²) in [5, 5.41) is 12.0. The van der Waals surface area contributed by atoms with Crippen molar-refractivity contribution in [2.75, 3.05) is 25.1 Å². The summed E-state index contributed by atoms with van der Waals surface area (Å²) in [7, 11) is 0. The number of hydrogen-bond donors (Lipinski definition) is 4. The summed E-state index contributed by atoms with van der Waals surface area (Å²) in [5.41, 5.74) is 3.48. The van der Waals surface area contributed by atoms with E-state index in [-0.39, 0.29) is 31.3 Å². The number of ketones is 1. The average Bonchev–Trinajstić information content (AvgIpc) is 3.35. The van der Waals surface area contributed by atoms with Crippen molar-refractivity contribution in [3.8, 4) is 5.75 Å². The maximum Gasteiger partial charge on any atom is 0.347 e. The summed E-state index contributed by atoms with van der Waals surface area (Å²) in [6.45, 7) is 3.82. The number of aryl methyl sites for hydroxylation is 1. The molecule has 1 aromatic carbocycles. The van der Waals surface area contributed by atoms with Crippen LogP contribution in [0.5, 0.6) is 5.75 Å². The molecule has 4 N–H and O–H groups in total. The van der Waals surface area contributed by atoms with Crippen LogP contribution in [0, 0.1) is 6.92 Å². The van der Waals surface area contributed by atoms with Gasteiger partial charge >= 0.3 is 5.97 Å². The van der Waals surface area contributed by atoms with Gasteiger partial charge in [-0.3, -0.25) is 9.79 Å². The predicted octanol–water partition coefficient (Wildman–Crippen LogP) is 0.821. The molecule has 174 valence electrons. The molecular formula is C24H28N3O6+. The predicted molar refractivity (Wildman–Crippen MR) is 120 cm³/mol. The van der Waals surface area contributed by atoms with Gasteiger partial charge in [0, 0.05) is 29.7 Å². The Kier molecular flexibility index (Phi) is 6.79. The molecule has 9 heteroatoms. The summed E-state index contributed by atoms with van der Waals surface area (Å²) in [6, 6.07) is 5.30. The fraction of sp³-hybridized carbons (Fsp3) is 0.375. The smallest absolute Gasteiger partial charge is 0.347 e.